The quantitative estimate of drug-likeness (QED) is 0.260. The molecule has 0 unspecified atom stereocenters. The molecule has 0 saturated heterocycles. The Morgan fingerprint density at radius 1 is 1.11 bits per heavy atom. The Morgan fingerprint density at radius 2 is 1.76 bits per heavy atom. The number of rotatable bonds is 13. The van der Waals surface area contributed by atoms with Gasteiger partial charge in [0.05, 0.1) is 23.7 Å². The maximum absolute atomic E-state index is 13.2. The first-order chi connectivity index (χ1) is 17.8. The van der Waals surface area contributed by atoms with E-state index in [0.717, 1.165) is 43.2 Å². The van der Waals surface area contributed by atoms with Crippen molar-refractivity contribution < 1.29 is 28.2 Å². The summed E-state index contributed by atoms with van der Waals surface area (Å²) >= 11 is 0. The molecule has 0 bridgehead atoms. The highest BCUT2D eigenvalue weighted by atomic mass is 32.2. The van der Waals surface area contributed by atoms with Crippen molar-refractivity contribution in [1.82, 2.24) is 5.32 Å². The minimum atomic E-state index is -3.59. The summed E-state index contributed by atoms with van der Waals surface area (Å²) in [6.07, 6.45) is 3.68. The number of aliphatic hydroxyl groups excluding tert-OH is 1. The molecule has 0 spiro atoms. The van der Waals surface area contributed by atoms with Gasteiger partial charge in [-0.1, -0.05) is 51.0 Å². The number of ether oxygens (including phenoxy) is 1. The maximum Gasteiger partial charge on any atom is 0.415 e. The van der Waals surface area contributed by atoms with E-state index in [1.807, 2.05) is 32.0 Å². The van der Waals surface area contributed by atoms with Crippen molar-refractivity contribution in [3.63, 3.8) is 0 Å². The summed E-state index contributed by atoms with van der Waals surface area (Å²) in [5, 5.41) is 24.0. The highest BCUT2D eigenvalue weighted by Crippen LogP contribution is 2.45. The fraction of sp³-hybridized carbons (Fsp3) is 0.536. The number of carbonyl (C=O) groups is 1. The van der Waals surface area contributed by atoms with Crippen LogP contribution in [-0.4, -0.2) is 49.6 Å². The molecule has 0 radical (unpaired) electrons. The molecule has 38 heavy (non-hydrogen) atoms. The molecular weight excluding hydrogens is 506 g/mol. The van der Waals surface area contributed by atoms with Crippen LogP contribution in [0.15, 0.2) is 42.5 Å². The number of hydrogen-bond acceptors (Lipinski definition) is 7. The number of cyclic esters (lactones) is 1. The number of phenols is 1. The van der Waals surface area contributed by atoms with Crippen LogP contribution in [0.2, 0.25) is 0 Å². The summed E-state index contributed by atoms with van der Waals surface area (Å²) < 4.78 is 31.5. The average molecular weight is 548 g/mol. The molecular formula is C28H41N3O6S. The predicted octanol–water partition coefficient (Wildman–Crippen LogP) is 5.01. The van der Waals surface area contributed by atoms with Gasteiger partial charge in [-0.3, -0.25) is 9.62 Å². The number of hydrogen-bond donors (Lipinski definition) is 4. The smallest absolute Gasteiger partial charge is 0.415 e. The van der Waals surface area contributed by atoms with Gasteiger partial charge in [0.15, 0.2) is 0 Å². The first kappa shape index (κ1) is 29.7. The van der Waals surface area contributed by atoms with E-state index in [4.69, 9.17) is 4.74 Å². The number of sulfonamides is 1. The van der Waals surface area contributed by atoms with Gasteiger partial charge < -0.3 is 20.3 Å². The Balaban J connectivity index is 1.69. The highest BCUT2D eigenvalue weighted by Gasteiger charge is 2.43. The first-order valence-electron chi connectivity index (χ1n) is 13.1. The lowest BCUT2D eigenvalue weighted by atomic mass is 9.82. The zero-order valence-corrected chi connectivity index (χ0v) is 23.8. The van der Waals surface area contributed by atoms with E-state index in [1.165, 1.54) is 12.1 Å². The van der Waals surface area contributed by atoms with Gasteiger partial charge in [-0.15, -0.1) is 0 Å². The Bertz CT molecular complexity index is 1220. The van der Waals surface area contributed by atoms with Crippen LogP contribution < -0.4 is 14.9 Å². The second-order valence-electron chi connectivity index (χ2n) is 10.7. The fourth-order valence-electron chi connectivity index (χ4n) is 5.00. The molecule has 1 amide bonds. The number of carbonyl (C=O) groups excluding carboxylic acids is 1. The Hall–Kier alpha value is -2.82. The lowest BCUT2D eigenvalue weighted by molar-refractivity contribution is -0.00977. The second kappa shape index (κ2) is 11.9. The molecule has 1 aliphatic heterocycles. The van der Waals surface area contributed by atoms with Gasteiger partial charge in [-0.2, -0.15) is 0 Å². The van der Waals surface area contributed by atoms with Crippen LogP contribution in [-0.2, 0) is 20.4 Å². The number of fused-ring (bicyclic) bond motifs is 1. The van der Waals surface area contributed by atoms with Gasteiger partial charge in [0.25, 0.3) is 0 Å². The molecule has 4 N–H and O–H groups in total. The third-order valence-corrected chi connectivity index (χ3v) is 7.52. The molecule has 10 heteroatoms. The van der Waals surface area contributed by atoms with E-state index in [1.54, 1.807) is 11.0 Å². The van der Waals surface area contributed by atoms with E-state index in [-0.39, 0.29) is 24.1 Å². The van der Waals surface area contributed by atoms with Gasteiger partial charge in [0.1, 0.15) is 11.4 Å². The van der Waals surface area contributed by atoms with Crippen LogP contribution in [0.25, 0.3) is 0 Å². The van der Waals surface area contributed by atoms with E-state index in [2.05, 4.69) is 30.0 Å². The lowest BCUT2D eigenvalue weighted by Gasteiger charge is -2.43. The Labute approximate surface area is 226 Å². The molecule has 9 nitrogen and oxygen atoms in total. The van der Waals surface area contributed by atoms with E-state index in [9.17, 15) is 23.4 Å². The SMILES string of the molecule is CCCC1(CCC)OC(=O)N(CCC(C)(C)NC[C@H](O)c2ccc(O)c(NS(C)(=O)=O)c2)c2ccccc21. The normalized spacial score (nSPS) is 16.1. The summed E-state index contributed by atoms with van der Waals surface area (Å²) in [5.74, 6) is -0.227. The van der Waals surface area contributed by atoms with Crippen molar-refractivity contribution in [2.45, 2.75) is 77.0 Å². The molecule has 0 fully saturated rings. The molecule has 1 heterocycles. The zero-order valence-electron chi connectivity index (χ0n) is 23.0. The van der Waals surface area contributed by atoms with Gasteiger partial charge >= 0.3 is 6.09 Å². The van der Waals surface area contributed by atoms with Crippen LogP contribution in [0.1, 0.15) is 77.0 Å². The Morgan fingerprint density at radius 3 is 2.39 bits per heavy atom. The fourth-order valence-corrected chi connectivity index (χ4v) is 5.56. The first-order valence-corrected chi connectivity index (χ1v) is 15.0. The average Bonchev–Trinajstić information content (AvgIpc) is 2.83. The summed E-state index contributed by atoms with van der Waals surface area (Å²) in [6, 6.07) is 12.3. The maximum atomic E-state index is 13.2. The number of amides is 1. The molecule has 3 rings (SSSR count). The van der Waals surface area contributed by atoms with Gasteiger partial charge in [-0.25, -0.2) is 13.2 Å². The number of nitrogens with zero attached hydrogens (tertiary/aromatic N) is 1. The van der Waals surface area contributed by atoms with E-state index in [0.29, 0.717) is 18.5 Å². The van der Waals surface area contributed by atoms with Crippen molar-refractivity contribution in [2.24, 2.45) is 0 Å². The minimum Gasteiger partial charge on any atom is -0.506 e. The van der Waals surface area contributed by atoms with Crippen molar-refractivity contribution in [3.05, 3.63) is 53.6 Å². The lowest BCUT2D eigenvalue weighted by Crippen LogP contribution is -2.49. The number of phenolic OH excluding ortho intramolecular Hbond substituents is 1. The third-order valence-electron chi connectivity index (χ3n) is 6.93. The summed E-state index contributed by atoms with van der Waals surface area (Å²) in [4.78, 5) is 14.9. The molecule has 0 aliphatic carbocycles. The number of aromatic hydroxyl groups is 1. The highest BCUT2D eigenvalue weighted by molar-refractivity contribution is 7.92. The number of anilines is 2. The number of nitrogens with one attached hydrogen (secondary N) is 2. The Kier molecular flexibility index (Phi) is 9.33. The van der Waals surface area contributed by atoms with E-state index >= 15 is 0 Å². The largest absolute Gasteiger partial charge is 0.506 e. The van der Waals surface area contributed by atoms with Gasteiger partial charge in [0.2, 0.25) is 10.0 Å². The molecule has 1 atom stereocenters. The predicted molar refractivity (Wildman–Crippen MR) is 150 cm³/mol. The van der Waals surface area contributed by atoms with Crippen molar-refractivity contribution in [1.29, 1.82) is 0 Å². The summed E-state index contributed by atoms with van der Waals surface area (Å²) in [6.45, 7) is 8.81. The van der Waals surface area contributed by atoms with Crippen molar-refractivity contribution in [2.75, 3.05) is 29.0 Å². The summed E-state index contributed by atoms with van der Waals surface area (Å²) in [7, 11) is -3.59. The van der Waals surface area contributed by atoms with Crippen LogP contribution in [0.4, 0.5) is 16.2 Å². The number of aliphatic hydroxyl groups is 1. The third kappa shape index (κ3) is 7.18. The molecule has 1 aliphatic rings. The van der Waals surface area contributed by atoms with Crippen LogP contribution in [0.5, 0.6) is 5.75 Å². The molecule has 2 aromatic rings. The minimum absolute atomic E-state index is 0.00723. The molecule has 0 aromatic heterocycles. The molecule has 2 aromatic carbocycles. The topological polar surface area (TPSA) is 128 Å². The number of β-amino-alcohol motifs (C(OH)–C–C–N with tert-alkyl or cyclic N) is 1. The molecule has 0 saturated carbocycles. The van der Waals surface area contributed by atoms with Crippen LogP contribution in [0.3, 0.4) is 0 Å². The zero-order chi connectivity index (χ0) is 28.1. The second-order valence-corrected chi connectivity index (χ2v) is 12.5. The monoisotopic (exact) mass is 547 g/mol. The van der Waals surface area contributed by atoms with Crippen molar-refractivity contribution in [3.8, 4) is 5.75 Å². The van der Waals surface area contributed by atoms with Crippen molar-refractivity contribution >= 4 is 27.5 Å². The molecule has 210 valence electrons. The summed E-state index contributed by atoms with van der Waals surface area (Å²) in [5.41, 5.74) is 1.36. The van der Waals surface area contributed by atoms with Crippen LogP contribution >= 0.6 is 0 Å². The van der Waals surface area contributed by atoms with Gasteiger partial charge in [0, 0.05) is 24.2 Å². The van der Waals surface area contributed by atoms with Crippen LogP contribution in [0, 0.1) is 0 Å². The number of benzene rings is 2. The van der Waals surface area contributed by atoms with Gasteiger partial charge in [-0.05, 0) is 56.9 Å². The standard InChI is InChI=1S/C28H41N3O6S/c1-6-14-28(15-7-2)21-10-8-9-11-23(21)31(26(34)37-28)17-16-27(3,4)29-19-25(33)20-12-13-24(32)22(18-20)30-38(5,35)36/h8-13,18,25,29-30,32-33H,6-7,14-17,19H2,1-5H3/t25-/m0/s1. The van der Waals surface area contributed by atoms with E-state index < -0.39 is 27.3 Å². The number of para-hydroxylation sites is 1.